The number of ether oxygens (including phenoxy) is 7. The Bertz CT molecular complexity index is 2800. The molecule has 0 spiro atoms. The molecule has 2 saturated heterocycles. The minimum atomic E-state index is -1.61. The summed E-state index contributed by atoms with van der Waals surface area (Å²) in [5.41, 5.74) is 3.37. The Morgan fingerprint density at radius 3 is 1.21 bits per heavy atom. The van der Waals surface area contributed by atoms with Crippen molar-refractivity contribution in [2.75, 3.05) is 39.5 Å². The summed E-state index contributed by atoms with van der Waals surface area (Å²) in [6.45, 7) is 17.8. The molecule has 2 aliphatic heterocycles. The van der Waals surface area contributed by atoms with Crippen LogP contribution in [0.3, 0.4) is 0 Å². The van der Waals surface area contributed by atoms with Crippen LogP contribution in [0.1, 0.15) is 393 Å². The van der Waals surface area contributed by atoms with Crippen molar-refractivity contribution < 1.29 is 73.4 Å². The topological polar surface area (TPSA) is 256 Å². The maximum Gasteiger partial charge on any atom is 0.234 e. The van der Waals surface area contributed by atoms with Crippen molar-refractivity contribution in [2.45, 2.75) is 475 Å². The normalized spacial score (nSPS) is 20.8. The molecular weight excluding hydrogens is 1520 g/mol. The van der Waals surface area contributed by atoms with Gasteiger partial charge in [-0.1, -0.05) is 435 Å². The standard InChI is InChI=1S/C64H103NO6.C39H78N2O9/c1-6-8-10-12-14-16-18-20-22-24-26-28-39-47-62(66)65-59(51-70-64-55(5)53(3)54(4)61(71-64)52-67-48-56-40-32-29-33-41-56)63(69-50-58-44-36-31-37-45-58)60(68-49-57-42-34-30-35-43-57)46-38-27-25-23-21-19-17-15-13-11-9-7-2;1-3-5-7-9-11-13-15-16-18-20-22-24-26-32(43)35(45)31(30-49-39-38(48)37(47)36(46)33(29-42)50-39)41-34(44)28-40-27-25-23-21-19-17-14-12-10-8-6-4-2/h29-37,40-45,53-55,59-61,63-64H,6-28,38-39,46-52H2,1-5H3,(H,65,66);31-33,35-40,42-43,45-48H,3-30H2,1-2H3,(H,41,44)/t53-,54+,55?,59-,60+,61?,63-,64-;31-,32+,33?,35-,36-,37-,38?,39-/m00/s1. The van der Waals surface area contributed by atoms with E-state index < -0.39 is 74.0 Å². The predicted molar refractivity (Wildman–Crippen MR) is 495 cm³/mol. The zero-order chi connectivity index (χ0) is 87.2. The fraction of sp³-hybridized carbons (Fsp3) is 0.806. The minimum Gasteiger partial charge on any atom is -0.394 e. The maximum atomic E-state index is 14.2. The summed E-state index contributed by atoms with van der Waals surface area (Å²) in [6.07, 6.45) is 50.7. The van der Waals surface area contributed by atoms with Crippen molar-refractivity contribution in [3.8, 4) is 0 Å². The molecule has 5 rings (SSSR count). The largest absolute Gasteiger partial charge is 0.394 e. The molecule has 3 aromatic carbocycles. The van der Waals surface area contributed by atoms with Gasteiger partial charge in [0.2, 0.25) is 11.8 Å². The fourth-order valence-electron chi connectivity index (χ4n) is 16.9. The lowest BCUT2D eigenvalue weighted by molar-refractivity contribution is -0.303. The van der Waals surface area contributed by atoms with Crippen LogP contribution in [-0.2, 0) is 62.6 Å². The Balaban J connectivity index is 0.000000542. The third-order valence-corrected chi connectivity index (χ3v) is 25.4. The van der Waals surface area contributed by atoms with E-state index in [-0.39, 0.29) is 49.7 Å². The summed E-state index contributed by atoms with van der Waals surface area (Å²) in [5.74, 6) is 0.471. The van der Waals surface area contributed by atoms with Crippen molar-refractivity contribution in [1.82, 2.24) is 16.0 Å². The van der Waals surface area contributed by atoms with Crippen molar-refractivity contribution in [1.29, 1.82) is 0 Å². The highest BCUT2D eigenvalue weighted by Crippen LogP contribution is 2.37. The molecule has 0 radical (unpaired) electrons. The van der Waals surface area contributed by atoms with Gasteiger partial charge in [-0.15, -0.1) is 0 Å². The first-order valence-electron chi connectivity index (χ1n) is 49.9. The second-order valence-corrected chi connectivity index (χ2v) is 36.0. The quantitative estimate of drug-likeness (QED) is 0.0238. The number of nitrogens with one attached hydrogen (secondary N) is 3. The number of carbonyl (C=O) groups is 2. The number of benzene rings is 3. The van der Waals surface area contributed by atoms with E-state index >= 15 is 0 Å². The maximum absolute atomic E-state index is 14.2. The van der Waals surface area contributed by atoms with Gasteiger partial charge in [-0.25, -0.2) is 0 Å². The third-order valence-electron chi connectivity index (χ3n) is 25.4. The average Bonchev–Trinajstić information content (AvgIpc) is 0.899. The van der Waals surface area contributed by atoms with Crippen molar-refractivity contribution in [3.05, 3.63) is 108 Å². The predicted octanol–water partition coefficient (Wildman–Crippen LogP) is 22.1. The van der Waals surface area contributed by atoms with Crippen molar-refractivity contribution in [3.63, 3.8) is 0 Å². The van der Waals surface area contributed by atoms with E-state index in [1.54, 1.807) is 0 Å². The van der Waals surface area contributed by atoms with Crippen LogP contribution in [-0.4, -0.2) is 162 Å². The number of amides is 2. The molecule has 698 valence electrons. The van der Waals surface area contributed by atoms with Crippen LogP contribution in [0.25, 0.3) is 0 Å². The highest BCUT2D eigenvalue weighted by atomic mass is 16.7. The van der Waals surface area contributed by atoms with E-state index in [1.807, 2.05) is 24.3 Å². The van der Waals surface area contributed by atoms with Crippen molar-refractivity contribution in [2.24, 2.45) is 17.8 Å². The second kappa shape index (κ2) is 74.0. The van der Waals surface area contributed by atoms with Gasteiger partial charge in [-0.3, -0.25) is 9.59 Å². The molecule has 18 nitrogen and oxygen atoms in total. The lowest BCUT2D eigenvalue weighted by Crippen LogP contribution is -2.60. The Hall–Kier alpha value is -3.96. The molecule has 2 amide bonds. The molecule has 2 heterocycles. The summed E-state index contributed by atoms with van der Waals surface area (Å²) in [5, 5.41) is 71.4. The summed E-state index contributed by atoms with van der Waals surface area (Å²) in [4.78, 5) is 27.1. The number of rotatable bonds is 77. The fourth-order valence-corrected chi connectivity index (χ4v) is 16.9. The van der Waals surface area contributed by atoms with Crippen LogP contribution in [0.15, 0.2) is 91.0 Å². The Morgan fingerprint density at radius 2 is 0.760 bits per heavy atom. The third kappa shape index (κ3) is 52.2. The molecule has 16 atom stereocenters. The van der Waals surface area contributed by atoms with Gasteiger partial charge >= 0.3 is 0 Å². The molecule has 0 aromatic heterocycles. The van der Waals surface area contributed by atoms with Gasteiger partial charge in [0.15, 0.2) is 12.6 Å². The van der Waals surface area contributed by atoms with E-state index in [0.29, 0.717) is 57.6 Å². The molecule has 0 aliphatic carbocycles. The smallest absolute Gasteiger partial charge is 0.234 e. The van der Waals surface area contributed by atoms with Gasteiger partial charge in [0.1, 0.15) is 36.6 Å². The summed E-state index contributed by atoms with van der Waals surface area (Å²) >= 11 is 0. The van der Waals surface area contributed by atoms with Crippen LogP contribution in [0, 0.1) is 17.8 Å². The number of unbranched alkanes of at least 4 members (excludes halogenated alkanes) is 44. The Morgan fingerprint density at radius 1 is 0.388 bits per heavy atom. The van der Waals surface area contributed by atoms with E-state index in [2.05, 4.69) is 131 Å². The van der Waals surface area contributed by atoms with E-state index in [9.17, 15) is 40.2 Å². The van der Waals surface area contributed by atoms with Crippen molar-refractivity contribution >= 4 is 11.8 Å². The molecule has 0 bridgehead atoms. The number of carbonyl (C=O) groups excluding carboxylic acids is 2. The second-order valence-electron chi connectivity index (χ2n) is 36.0. The highest BCUT2D eigenvalue weighted by molar-refractivity contribution is 5.78. The molecule has 2 aliphatic rings. The molecule has 3 aromatic rings. The molecule has 2 fully saturated rings. The summed E-state index contributed by atoms with van der Waals surface area (Å²) in [7, 11) is 0. The molecule has 4 unspecified atom stereocenters. The Kier molecular flexibility index (Phi) is 66.9. The van der Waals surface area contributed by atoms with E-state index in [4.69, 9.17) is 33.2 Å². The van der Waals surface area contributed by atoms with E-state index in [0.717, 1.165) is 87.3 Å². The highest BCUT2D eigenvalue weighted by Gasteiger charge is 2.45. The van der Waals surface area contributed by atoms with Crippen LogP contribution < -0.4 is 16.0 Å². The lowest BCUT2D eigenvalue weighted by Gasteiger charge is -2.44. The number of hydrogen-bond acceptors (Lipinski definition) is 16. The Labute approximate surface area is 737 Å². The zero-order valence-electron chi connectivity index (χ0n) is 77.7. The van der Waals surface area contributed by atoms with Gasteiger partial charge in [0.05, 0.1) is 83.2 Å². The van der Waals surface area contributed by atoms with E-state index in [1.165, 1.54) is 244 Å². The lowest BCUT2D eigenvalue weighted by atomic mass is 9.79. The van der Waals surface area contributed by atoms with Gasteiger partial charge < -0.3 is 79.7 Å². The van der Waals surface area contributed by atoms with Gasteiger partial charge in [-0.05, 0) is 60.8 Å². The number of hydrogen-bond donors (Lipinski definition) is 9. The van der Waals surface area contributed by atoms with Crippen LogP contribution >= 0.6 is 0 Å². The van der Waals surface area contributed by atoms with Gasteiger partial charge in [0, 0.05) is 12.3 Å². The number of aliphatic hydroxyl groups excluding tert-OH is 6. The van der Waals surface area contributed by atoms with Gasteiger partial charge in [-0.2, -0.15) is 0 Å². The molecular formula is C103H181N3O15. The molecule has 121 heavy (non-hydrogen) atoms. The first-order chi connectivity index (χ1) is 59.1. The molecule has 0 saturated carbocycles. The summed E-state index contributed by atoms with van der Waals surface area (Å²) < 4.78 is 45.1. The van der Waals surface area contributed by atoms with Crippen LogP contribution in [0.5, 0.6) is 0 Å². The van der Waals surface area contributed by atoms with Crippen LogP contribution in [0.4, 0.5) is 0 Å². The number of aliphatic hydroxyl groups is 6. The monoisotopic (exact) mass is 1700 g/mol. The first-order valence-corrected chi connectivity index (χ1v) is 49.9. The first kappa shape index (κ1) is 109. The molecule has 18 heteroatoms. The SMILES string of the molecule is CCCCCCCCCCCCCCCC(=O)N[C@@H](CO[C@H]1OC(COCc2ccccc2)[C@H](C)[C@H](C)C1C)[C@H](OCc1ccccc1)[C@@H](CCCCCCCCCCCCCC)OCc1ccccc1.CCCCCCCCCCCCCC[C@@H](O)[C@@H](O)[C@H](CO[C@H]1OC(CO)[C@H](O)[C@H](O)C1O)NC(=O)CNCCCCCCCCCCCCC. The average molecular weight is 1700 g/mol. The molecule has 9 N–H and O–H groups in total. The minimum absolute atomic E-state index is 0.0376. The van der Waals surface area contributed by atoms with Crippen LogP contribution in [0.2, 0.25) is 0 Å². The zero-order valence-corrected chi connectivity index (χ0v) is 77.7. The summed E-state index contributed by atoms with van der Waals surface area (Å²) in [6, 6.07) is 29.7. The van der Waals surface area contributed by atoms with Gasteiger partial charge in [0.25, 0.3) is 0 Å².